The molecule has 2 aromatic carbocycles. The molecule has 0 saturated carbocycles. The van der Waals surface area contributed by atoms with Crippen LogP contribution in [0.3, 0.4) is 0 Å². The Labute approximate surface area is 154 Å². The smallest absolute Gasteiger partial charge is 0.250 e. The molecular weight excluding hydrogens is 370 g/mol. The van der Waals surface area contributed by atoms with Crippen LogP contribution in [0.25, 0.3) is 0 Å². The highest BCUT2D eigenvalue weighted by Crippen LogP contribution is 2.29. The molecule has 8 heteroatoms. The van der Waals surface area contributed by atoms with Gasteiger partial charge in [0.05, 0.1) is 15.7 Å². The molecule has 2 rings (SSSR count). The van der Waals surface area contributed by atoms with Gasteiger partial charge in [-0.2, -0.15) is 0 Å². The minimum absolute atomic E-state index is 0.231. The maximum atomic E-state index is 12.8. The third kappa shape index (κ3) is 6.34. The zero-order valence-electron chi connectivity index (χ0n) is 13.0. The van der Waals surface area contributed by atoms with Crippen LogP contribution in [-0.4, -0.2) is 25.0 Å². The number of benzene rings is 2. The molecule has 0 spiro atoms. The van der Waals surface area contributed by atoms with E-state index in [4.69, 9.17) is 27.9 Å². The zero-order chi connectivity index (χ0) is 18.2. The molecule has 0 aliphatic carbocycles. The minimum Gasteiger partial charge on any atom is -0.362 e. The van der Waals surface area contributed by atoms with Crippen LogP contribution >= 0.6 is 23.2 Å². The SMILES string of the molecule is O=C(COCC(=O)Nc1cccc(Cl)c1Cl)NCc1ccc(F)cc1. The lowest BCUT2D eigenvalue weighted by Gasteiger charge is -2.09. The van der Waals surface area contributed by atoms with Crippen LogP contribution in [0.2, 0.25) is 10.0 Å². The Morgan fingerprint density at radius 1 is 1.00 bits per heavy atom. The lowest BCUT2D eigenvalue weighted by atomic mass is 10.2. The monoisotopic (exact) mass is 384 g/mol. The molecule has 0 unspecified atom stereocenters. The van der Waals surface area contributed by atoms with Crippen LogP contribution in [0.4, 0.5) is 10.1 Å². The summed E-state index contributed by atoms with van der Waals surface area (Å²) in [5.74, 6) is -1.20. The quantitative estimate of drug-likeness (QED) is 0.768. The predicted octanol–water partition coefficient (Wildman–Crippen LogP) is 3.40. The number of nitrogens with one attached hydrogen (secondary N) is 2. The Kier molecular flexibility index (Phi) is 7.18. The van der Waals surface area contributed by atoms with Gasteiger partial charge in [0.2, 0.25) is 11.8 Å². The summed E-state index contributed by atoms with van der Waals surface area (Å²) in [6.07, 6.45) is 0. The van der Waals surface area contributed by atoms with Gasteiger partial charge in [0.15, 0.2) is 0 Å². The van der Waals surface area contributed by atoms with E-state index in [2.05, 4.69) is 10.6 Å². The molecule has 2 aromatic rings. The Hall–Kier alpha value is -2.15. The van der Waals surface area contributed by atoms with E-state index in [1.807, 2.05) is 0 Å². The van der Waals surface area contributed by atoms with Crippen molar-refractivity contribution < 1.29 is 18.7 Å². The van der Waals surface area contributed by atoms with Gasteiger partial charge in [0.25, 0.3) is 0 Å². The molecule has 0 fully saturated rings. The number of halogens is 3. The van der Waals surface area contributed by atoms with Crippen LogP contribution in [0, 0.1) is 5.82 Å². The first-order valence-corrected chi connectivity index (χ1v) is 8.04. The number of rotatable bonds is 7. The Morgan fingerprint density at radius 2 is 1.68 bits per heavy atom. The van der Waals surface area contributed by atoms with Crippen LogP contribution in [-0.2, 0) is 20.9 Å². The van der Waals surface area contributed by atoms with E-state index in [0.29, 0.717) is 10.7 Å². The Bertz CT molecular complexity index is 754. The second-order valence-corrected chi connectivity index (χ2v) is 5.83. The van der Waals surface area contributed by atoms with Crippen molar-refractivity contribution in [2.24, 2.45) is 0 Å². The van der Waals surface area contributed by atoms with Crippen molar-refractivity contribution in [1.29, 1.82) is 0 Å². The lowest BCUT2D eigenvalue weighted by Crippen LogP contribution is -2.29. The summed E-state index contributed by atoms with van der Waals surface area (Å²) in [6.45, 7) is -0.350. The topological polar surface area (TPSA) is 67.4 Å². The molecule has 0 aliphatic rings. The largest absolute Gasteiger partial charge is 0.362 e. The maximum absolute atomic E-state index is 12.8. The fourth-order valence-corrected chi connectivity index (χ4v) is 2.22. The highest BCUT2D eigenvalue weighted by molar-refractivity contribution is 6.43. The second kappa shape index (κ2) is 9.36. The van der Waals surface area contributed by atoms with Gasteiger partial charge >= 0.3 is 0 Å². The first-order chi connectivity index (χ1) is 12.0. The van der Waals surface area contributed by atoms with E-state index >= 15 is 0 Å². The lowest BCUT2D eigenvalue weighted by molar-refractivity contribution is -0.128. The van der Waals surface area contributed by atoms with Crippen molar-refractivity contribution in [2.45, 2.75) is 6.54 Å². The Morgan fingerprint density at radius 3 is 2.40 bits per heavy atom. The summed E-state index contributed by atoms with van der Waals surface area (Å²) >= 11 is 11.8. The molecular formula is C17H15Cl2FN2O3. The molecule has 0 bridgehead atoms. The molecule has 132 valence electrons. The van der Waals surface area contributed by atoms with Crippen molar-refractivity contribution in [1.82, 2.24) is 5.32 Å². The van der Waals surface area contributed by atoms with E-state index in [0.717, 1.165) is 5.56 Å². The number of carbonyl (C=O) groups excluding carboxylic acids is 2. The van der Waals surface area contributed by atoms with Gasteiger partial charge in [-0.15, -0.1) is 0 Å². The highest BCUT2D eigenvalue weighted by Gasteiger charge is 2.09. The molecule has 0 heterocycles. The van der Waals surface area contributed by atoms with Gasteiger partial charge in [-0.1, -0.05) is 41.4 Å². The fourth-order valence-electron chi connectivity index (χ4n) is 1.88. The number of amides is 2. The molecule has 5 nitrogen and oxygen atoms in total. The predicted molar refractivity (Wildman–Crippen MR) is 94.2 cm³/mol. The highest BCUT2D eigenvalue weighted by atomic mass is 35.5. The van der Waals surface area contributed by atoms with Crippen molar-refractivity contribution in [3.8, 4) is 0 Å². The number of hydrogen-bond acceptors (Lipinski definition) is 3. The van der Waals surface area contributed by atoms with Gasteiger partial charge in [-0.3, -0.25) is 9.59 Å². The first-order valence-electron chi connectivity index (χ1n) is 7.28. The average Bonchev–Trinajstić information content (AvgIpc) is 2.58. The minimum atomic E-state index is -0.462. The zero-order valence-corrected chi connectivity index (χ0v) is 14.5. The molecule has 0 aliphatic heterocycles. The van der Waals surface area contributed by atoms with E-state index in [1.54, 1.807) is 30.3 Å². The molecule has 0 radical (unpaired) electrons. The Balaban J connectivity index is 1.69. The summed E-state index contributed by atoms with van der Waals surface area (Å²) < 4.78 is 17.8. The average molecular weight is 385 g/mol. The number of hydrogen-bond donors (Lipinski definition) is 2. The molecule has 0 aromatic heterocycles. The second-order valence-electron chi connectivity index (χ2n) is 5.05. The third-order valence-corrected chi connectivity index (χ3v) is 3.91. The third-order valence-electron chi connectivity index (χ3n) is 3.09. The van der Waals surface area contributed by atoms with Crippen LogP contribution in [0.5, 0.6) is 0 Å². The van der Waals surface area contributed by atoms with Gasteiger partial charge in [-0.25, -0.2) is 4.39 Å². The van der Waals surface area contributed by atoms with E-state index in [9.17, 15) is 14.0 Å². The molecule has 0 atom stereocenters. The van der Waals surface area contributed by atoms with Gasteiger partial charge in [-0.05, 0) is 29.8 Å². The maximum Gasteiger partial charge on any atom is 0.250 e. The van der Waals surface area contributed by atoms with Crippen molar-refractivity contribution >= 4 is 40.7 Å². The van der Waals surface area contributed by atoms with E-state index in [1.165, 1.54) is 12.1 Å². The van der Waals surface area contributed by atoms with Gasteiger partial charge in [0.1, 0.15) is 19.0 Å². The number of anilines is 1. The molecule has 0 saturated heterocycles. The molecule has 2 N–H and O–H groups in total. The first kappa shape index (κ1) is 19.2. The summed E-state index contributed by atoms with van der Waals surface area (Å²) in [7, 11) is 0. The fraction of sp³-hybridized carbons (Fsp3) is 0.176. The number of ether oxygens (including phenoxy) is 1. The summed E-state index contributed by atoms with van der Waals surface area (Å²) in [4.78, 5) is 23.4. The van der Waals surface area contributed by atoms with Gasteiger partial charge in [0, 0.05) is 6.54 Å². The van der Waals surface area contributed by atoms with Crippen LogP contribution in [0.1, 0.15) is 5.56 Å². The summed E-state index contributed by atoms with van der Waals surface area (Å²) in [6, 6.07) is 10.6. The summed E-state index contributed by atoms with van der Waals surface area (Å²) in [5.41, 5.74) is 1.12. The standard InChI is InChI=1S/C17H15Cl2FN2O3/c18-13-2-1-3-14(17(13)19)22-16(24)10-25-9-15(23)21-8-11-4-6-12(20)7-5-11/h1-7H,8-10H2,(H,21,23)(H,22,24). The van der Waals surface area contributed by atoms with Gasteiger partial charge < -0.3 is 15.4 Å². The molecule has 2 amide bonds. The van der Waals surface area contributed by atoms with E-state index in [-0.39, 0.29) is 30.6 Å². The normalized spacial score (nSPS) is 10.4. The number of carbonyl (C=O) groups is 2. The summed E-state index contributed by atoms with van der Waals surface area (Å²) in [5, 5.41) is 5.69. The van der Waals surface area contributed by atoms with Crippen LogP contribution in [0.15, 0.2) is 42.5 Å². The van der Waals surface area contributed by atoms with Crippen molar-refractivity contribution in [2.75, 3.05) is 18.5 Å². The molecule has 25 heavy (non-hydrogen) atoms. The van der Waals surface area contributed by atoms with Crippen molar-refractivity contribution in [3.05, 3.63) is 63.9 Å². The van der Waals surface area contributed by atoms with Crippen LogP contribution < -0.4 is 10.6 Å². The van der Waals surface area contributed by atoms with Crippen molar-refractivity contribution in [3.63, 3.8) is 0 Å². The van der Waals surface area contributed by atoms with E-state index < -0.39 is 11.8 Å².